The van der Waals surface area contributed by atoms with Crippen LogP contribution < -0.4 is 9.64 Å². The molecular weight excluding hydrogens is 412 g/mol. The number of para-hydroxylation sites is 1. The fourth-order valence-corrected chi connectivity index (χ4v) is 4.54. The Bertz CT molecular complexity index is 1140. The van der Waals surface area contributed by atoms with E-state index in [4.69, 9.17) is 14.7 Å². The molecular formula is C27H30N4O2. The van der Waals surface area contributed by atoms with Crippen molar-refractivity contribution in [1.82, 2.24) is 14.9 Å². The molecule has 6 heteroatoms. The van der Waals surface area contributed by atoms with Gasteiger partial charge in [-0.05, 0) is 49.9 Å². The quantitative estimate of drug-likeness (QED) is 0.568. The highest BCUT2D eigenvalue weighted by Crippen LogP contribution is 2.33. The number of anilines is 1. The molecule has 2 aliphatic heterocycles. The number of amides is 1. The lowest BCUT2D eigenvalue weighted by atomic mass is 9.99. The molecule has 0 atom stereocenters. The van der Waals surface area contributed by atoms with Gasteiger partial charge in [-0.3, -0.25) is 4.79 Å². The maximum atomic E-state index is 13.2. The molecule has 0 unspecified atom stereocenters. The number of hydrogen-bond donors (Lipinski definition) is 0. The van der Waals surface area contributed by atoms with E-state index in [2.05, 4.69) is 11.8 Å². The zero-order valence-electron chi connectivity index (χ0n) is 19.3. The Labute approximate surface area is 195 Å². The van der Waals surface area contributed by atoms with Crippen molar-refractivity contribution in [3.8, 4) is 11.6 Å². The van der Waals surface area contributed by atoms with Crippen molar-refractivity contribution < 1.29 is 9.53 Å². The van der Waals surface area contributed by atoms with Crippen molar-refractivity contribution in [1.29, 1.82) is 0 Å². The van der Waals surface area contributed by atoms with Gasteiger partial charge in [-0.1, -0.05) is 42.8 Å². The first kappa shape index (κ1) is 21.4. The van der Waals surface area contributed by atoms with Gasteiger partial charge < -0.3 is 14.5 Å². The van der Waals surface area contributed by atoms with Gasteiger partial charge in [0.1, 0.15) is 5.75 Å². The van der Waals surface area contributed by atoms with Crippen molar-refractivity contribution in [2.45, 2.75) is 39.7 Å². The summed E-state index contributed by atoms with van der Waals surface area (Å²) < 4.78 is 6.27. The van der Waals surface area contributed by atoms with Gasteiger partial charge in [0.15, 0.2) is 0 Å². The number of hydrogen-bond acceptors (Lipinski definition) is 5. The van der Waals surface area contributed by atoms with Crippen LogP contribution in [-0.2, 0) is 13.0 Å². The summed E-state index contributed by atoms with van der Waals surface area (Å²) in [6, 6.07) is 17.5. The molecule has 33 heavy (non-hydrogen) atoms. The molecule has 3 aromatic rings. The second-order valence-corrected chi connectivity index (χ2v) is 9.18. The largest absolute Gasteiger partial charge is 0.438 e. The number of carbonyl (C=O) groups is 1. The summed E-state index contributed by atoms with van der Waals surface area (Å²) in [5.74, 6) is 2.80. The van der Waals surface area contributed by atoms with Crippen molar-refractivity contribution >= 4 is 11.9 Å². The summed E-state index contributed by atoms with van der Waals surface area (Å²) in [7, 11) is 0. The fraction of sp³-hybridized carbons (Fsp3) is 0.370. The monoisotopic (exact) mass is 442 g/mol. The van der Waals surface area contributed by atoms with E-state index in [9.17, 15) is 4.79 Å². The van der Waals surface area contributed by atoms with Crippen LogP contribution in [-0.4, -0.2) is 40.4 Å². The van der Waals surface area contributed by atoms with Crippen LogP contribution in [0.25, 0.3) is 0 Å². The van der Waals surface area contributed by atoms with Gasteiger partial charge in [-0.25, -0.2) is 4.98 Å². The van der Waals surface area contributed by atoms with E-state index in [1.807, 2.05) is 66.4 Å². The normalized spacial score (nSPS) is 16.4. The number of benzene rings is 2. The van der Waals surface area contributed by atoms with Crippen molar-refractivity contribution in [3.05, 3.63) is 77.0 Å². The fourth-order valence-electron chi connectivity index (χ4n) is 4.54. The van der Waals surface area contributed by atoms with Gasteiger partial charge in [0.05, 0.1) is 17.8 Å². The Morgan fingerprint density at radius 1 is 1.00 bits per heavy atom. The van der Waals surface area contributed by atoms with E-state index in [-0.39, 0.29) is 5.91 Å². The lowest BCUT2D eigenvalue weighted by molar-refractivity contribution is 0.0732. The number of carbonyl (C=O) groups excluding carboxylic acids is 1. The lowest BCUT2D eigenvalue weighted by Crippen LogP contribution is -2.38. The minimum atomic E-state index is 0.0316. The van der Waals surface area contributed by atoms with Crippen molar-refractivity contribution in [2.24, 2.45) is 5.92 Å². The third kappa shape index (κ3) is 4.70. The first-order chi connectivity index (χ1) is 16.1. The molecule has 0 spiro atoms. The van der Waals surface area contributed by atoms with Crippen LogP contribution in [0.5, 0.6) is 11.6 Å². The van der Waals surface area contributed by atoms with Gasteiger partial charge >= 0.3 is 0 Å². The number of aryl methyl sites for hydroxylation is 1. The molecule has 2 aromatic carbocycles. The predicted molar refractivity (Wildman–Crippen MR) is 129 cm³/mol. The molecule has 1 saturated heterocycles. The molecule has 3 heterocycles. The first-order valence-electron chi connectivity index (χ1n) is 11.8. The van der Waals surface area contributed by atoms with E-state index in [1.165, 1.54) is 0 Å². The van der Waals surface area contributed by atoms with Gasteiger partial charge in [-0.2, -0.15) is 4.98 Å². The summed E-state index contributed by atoms with van der Waals surface area (Å²) in [6.07, 6.45) is 2.99. The predicted octanol–water partition coefficient (Wildman–Crippen LogP) is 5.01. The Hall–Kier alpha value is -3.41. The minimum absolute atomic E-state index is 0.0316. The van der Waals surface area contributed by atoms with Crippen LogP contribution in [0.3, 0.4) is 0 Å². The molecule has 0 aliphatic carbocycles. The molecule has 0 N–H and O–H groups in total. The Kier molecular flexibility index (Phi) is 5.99. The van der Waals surface area contributed by atoms with Crippen molar-refractivity contribution in [3.63, 3.8) is 0 Å². The molecule has 170 valence electrons. The van der Waals surface area contributed by atoms with Crippen LogP contribution in [0.2, 0.25) is 0 Å². The standard InChI is InChI=1S/C27H30N4O2/c1-19-11-14-30(15-12-19)27-28-24-13-16-31(26(32)21-8-6-7-20(2)17-21)18-23(24)25(29-27)33-22-9-4-3-5-10-22/h3-10,17,19H,11-16,18H2,1-2H3. The maximum Gasteiger partial charge on any atom is 0.254 e. The average molecular weight is 443 g/mol. The summed E-state index contributed by atoms with van der Waals surface area (Å²) in [5, 5.41) is 0. The average Bonchev–Trinajstić information content (AvgIpc) is 2.84. The first-order valence-corrected chi connectivity index (χ1v) is 11.8. The minimum Gasteiger partial charge on any atom is -0.438 e. The van der Waals surface area contributed by atoms with E-state index in [1.54, 1.807) is 0 Å². The second-order valence-electron chi connectivity index (χ2n) is 9.18. The third-order valence-electron chi connectivity index (χ3n) is 6.59. The molecule has 1 fully saturated rings. The summed E-state index contributed by atoms with van der Waals surface area (Å²) in [5.41, 5.74) is 3.68. The van der Waals surface area contributed by atoms with Crippen LogP contribution >= 0.6 is 0 Å². The van der Waals surface area contributed by atoms with Gasteiger partial charge in [0.25, 0.3) is 5.91 Å². The second kappa shape index (κ2) is 9.22. The van der Waals surface area contributed by atoms with E-state index in [0.717, 1.165) is 60.4 Å². The smallest absolute Gasteiger partial charge is 0.254 e. The number of rotatable bonds is 4. The Morgan fingerprint density at radius 3 is 2.55 bits per heavy atom. The number of fused-ring (bicyclic) bond motifs is 1. The highest BCUT2D eigenvalue weighted by atomic mass is 16.5. The van der Waals surface area contributed by atoms with E-state index in [0.29, 0.717) is 31.0 Å². The summed E-state index contributed by atoms with van der Waals surface area (Å²) in [6.45, 7) is 7.31. The molecule has 0 bridgehead atoms. The number of nitrogens with zero attached hydrogens (tertiary/aromatic N) is 4. The van der Waals surface area contributed by atoms with E-state index < -0.39 is 0 Å². The highest BCUT2D eigenvalue weighted by Gasteiger charge is 2.29. The molecule has 0 radical (unpaired) electrons. The molecule has 0 saturated carbocycles. The number of ether oxygens (including phenoxy) is 1. The van der Waals surface area contributed by atoms with Gasteiger partial charge in [-0.15, -0.1) is 0 Å². The molecule has 1 aromatic heterocycles. The number of piperidine rings is 1. The van der Waals surface area contributed by atoms with Crippen LogP contribution in [0.4, 0.5) is 5.95 Å². The Balaban J connectivity index is 1.47. The van der Waals surface area contributed by atoms with Gasteiger partial charge in [0.2, 0.25) is 11.8 Å². The topological polar surface area (TPSA) is 58.6 Å². The SMILES string of the molecule is Cc1cccc(C(=O)N2CCc3nc(N4CCC(C)CC4)nc(Oc4ccccc4)c3C2)c1. The molecule has 6 nitrogen and oxygen atoms in total. The molecule has 5 rings (SSSR count). The third-order valence-corrected chi connectivity index (χ3v) is 6.59. The summed E-state index contributed by atoms with van der Waals surface area (Å²) >= 11 is 0. The Morgan fingerprint density at radius 2 is 1.79 bits per heavy atom. The van der Waals surface area contributed by atoms with E-state index >= 15 is 0 Å². The van der Waals surface area contributed by atoms with Crippen LogP contribution in [0.15, 0.2) is 54.6 Å². The molecule has 1 amide bonds. The van der Waals surface area contributed by atoms with Crippen molar-refractivity contribution in [2.75, 3.05) is 24.5 Å². The van der Waals surface area contributed by atoms with Gasteiger partial charge in [0, 0.05) is 31.6 Å². The van der Waals surface area contributed by atoms with Crippen LogP contribution in [0.1, 0.15) is 46.9 Å². The zero-order valence-corrected chi connectivity index (χ0v) is 19.3. The zero-order chi connectivity index (χ0) is 22.8. The molecule has 2 aliphatic rings. The number of aromatic nitrogens is 2. The highest BCUT2D eigenvalue weighted by molar-refractivity contribution is 5.94. The maximum absolute atomic E-state index is 13.2. The lowest BCUT2D eigenvalue weighted by Gasteiger charge is -2.33. The summed E-state index contributed by atoms with van der Waals surface area (Å²) in [4.78, 5) is 27.2. The van der Waals surface area contributed by atoms with Crippen LogP contribution in [0, 0.1) is 12.8 Å².